The number of hydrogen-bond acceptors (Lipinski definition) is 3. The Kier molecular flexibility index (Phi) is 6.30. The number of nitrogens with zero attached hydrogens (tertiary/aromatic N) is 1. The monoisotopic (exact) mass is 346 g/mol. The SMILES string of the molecule is CCOc1ccccc1NC(=O)N(CC(F)(F)F)C1CCOCC1. The molecule has 8 heteroatoms. The Hall–Kier alpha value is -1.96. The third kappa shape index (κ3) is 5.30. The van der Waals surface area contributed by atoms with Crippen LogP contribution in [0, 0.1) is 0 Å². The second kappa shape index (κ2) is 8.23. The molecule has 1 heterocycles. The Bertz CT molecular complexity index is 546. The van der Waals surface area contributed by atoms with E-state index in [0.29, 0.717) is 44.1 Å². The molecule has 0 spiro atoms. The molecule has 1 aliphatic heterocycles. The van der Waals surface area contributed by atoms with Gasteiger partial charge in [-0.3, -0.25) is 0 Å². The second-order valence-corrected chi connectivity index (χ2v) is 5.45. The third-order valence-corrected chi connectivity index (χ3v) is 3.67. The number of carbonyl (C=O) groups excluding carboxylic acids is 1. The van der Waals surface area contributed by atoms with Gasteiger partial charge in [-0.05, 0) is 31.9 Å². The molecule has 0 atom stereocenters. The maximum absolute atomic E-state index is 12.9. The molecule has 134 valence electrons. The molecular formula is C16H21F3N2O3. The Morgan fingerprint density at radius 2 is 2.00 bits per heavy atom. The highest BCUT2D eigenvalue weighted by atomic mass is 19.4. The van der Waals surface area contributed by atoms with Crippen LogP contribution in [-0.2, 0) is 4.74 Å². The molecule has 0 saturated carbocycles. The lowest BCUT2D eigenvalue weighted by Crippen LogP contribution is -2.49. The van der Waals surface area contributed by atoms with Crippen molar-refractivity contribution in [3.05, 3.63) is 24.3 Å². The molecule has 1 N–H and O–H groups in total. The Balaban J connectivity index is 2.15. The van der Waals surface area contributed by atoms with Crippen LogP contribution in [0.5, 0.6) is 5.75 Å². The van der Waals surface area contributed by atoms with E-state index in [2.05, 4.69) is 5.32 Å². The average Bonchev–Trinajstić information content (AvgIpc) is 2.54. The van der Waals surface area contributed by atoms with Crippen LogP contribution in [0.1, 0.15) is 19.8 Å². The summed E-state index contributed by atoms with van der Waals surface area (Å²) in [5.74, 6) is 0.423. The van der Waals surface area contributed by atoms with Crippen molar-refractivity contribution in [3.8, 4) is 5.75 Å². The van der Waals surface area contributed by atoms with Crippen molar-refractivity contribution in [2.45, 2.75) is 32.0 Å². The first kappa shape index (κ1) is 18.4. The predicted molar refractivity (Wildman–Crippen MR) is 83.2 cm³/mol. The number of para-hydroxylation sites is 2. The summed E-state index contributed by atoms with van der Waals surface area (Å²) >= 11 is 0. The minimum absolute atomic E-state index is 0.349. The summed E-state index contributed by atoms with van der Waals surface area (Å²) in [5.41, 5.74) is 0.351. The number of hydrogen-bond donors (Lipinski definition) is 1. The molecule has 0 unspecified atom stereocenters. The molecule has 1 aliphatic rings. The smallest absolute Gasteiger partial charge is 0.406 e. The molecule has 2 rings (SSSR count). The first-order valence-electron chi connectivity index (χ1n) is 7.84. The van der Waals surface area contributed by atoms with Crippen molar-refractivity contribution in [1.82, 2.24) is 4.90 Å². The summed E-state index contributed by atoms with van der Waals surface area (Å²) in [7, 11) is 0. The molecule has 5 nitrogen and oxygen atoms in total. The number of halogens is 3. The minimum Gasteiger partial charge on any atom is -0.492 e. The van der Waals surface area contributed by atoms with Gasteiger partial charge < -0.3 is 19.7 Å². The highest BCUT2D eigenvalue weighted by Gasteiger charge is 2.37. The average molecular weight is 346 g/mol. The van der Waals surface area contributed by atoms with E-state index < -0.39 is 24.8 Å². The molecule has 24 heavy (non-hydrogen) atoms. The van der Waals surface area contributed by atoms with Crippen molar-refractivity contribution in [2.24, 2.45) is 0 Å². The van der Waals surface area contributed by atoms with Gasteiger partial charge in [0.05, 0.1) is 12.3 Å². The van der Waals surface area contributed by atoms with Crippen LogP contribution in [-0.4, -0.2) is 49.5 Å². The fourth-order valence-electron chi connectivity index (χ4n) is 2.59. The fourth-order valence-corrected chi connectivity index (χ4v) is 2.59. The quantitative estimate of drug-likeness (QED) is 0.885. The number of nitrogens with one attached hydrogen (secondary N) is 1. The van der Waals surface area contributed by atoms with Crippen molar-refractivity contribution in [3.63, 3.8) is 0 Å². The normalized spacial score (nSPS) is 15.8. The van der Waals surface area contributed by atoms with Gasteiger partial charge in [0.15, 0.2) is 0 Å². The number of urea groups is 1. The molecule has 0 aromatic heterocycles. The molecule has 1 saturated heterocycles. The largest absolute Gasteiger partial charge is 0.492 e. The van der Waals surface area contributed by atoms with Crippen LogP contribution < -0.4 is 10.1 Å². The summed E-state index contributed by atoms with van der Waals surface area (Å²) in [5, 5.41) is 2.54. The van der Waals surface area contributed by atoms with Gasteiger partial charge in [0, 0.05) is 19.3 Å². The van der Waals surface area contributed by atoms with Gasteiger partial charge in [0.2, 0.25) is 0 Å². The van der Waals surface area contributed by atoms with E-state index in [4.69, 9.17) is 9.47 Å². The van der Waals surface area contributed by atoms with Crippen molar-refractivity contribution in [2.75, 3.05) is 31.7 Å². The summed E-state index contributed by atoms with van der Waals surface area (Å²) in [6, 6.07) is 5.37. The number of ether oxygens (including phenoxy) is 2. The third-order valence-electron chi connectivity index (χ3n) is 3.67. The highest BCUT2D eigenvalue weighted by Crippen LogP contribution is 2.27. The van der Waals surface area contributed by atoms with Gasteiger partial charge in [0.25, 0.3) is 0 Å². The van der Waals surface area contributed by atoms with E-state index in [-0.39, 0.29) is 0 Å². The van der Waals surface area contributed by atoms with E-state index in [0.717, 1.165) is 4.90 Å². The lowest BCUT2D eigenvalue weighted by Gasteiger charge is -2.34. The number of alkyl halides is 3. The van der Waals surface area contributed by atoms with Gasteiger partial charge in [0.1, 0.15) is 12.3 Å². The van der Waals surface area contributed by atoms with E-state index in [1.807, 2.05) is 0 Å². The van der Waals surface area contributed by atoms with Crippen LogP contribution in [0.3, 0.4) is 0 Å². The van der Waals surface area contributed by atoms with Crippen molar-refractivity contribution >= 4 is 11.7 Å². The van der Waals surface area contributed by atoms with E-state index >= 15 is 0 Å². The van der Waals surface area contributed by atoms with Gasteiger partial charge in [-0.2, -0.15) is 13.2 Å². The number of carbonyl (C=O) groups is 1. The molecule has 1 aromatic carbocycles. The molecule has 0 bridgehead atoms. The van der Waals surface area contributed by atoms with Gasteiger partial charge in [-0.25, -0.2) is 4.79 Å². The molecular weight excluding hydrogens is 325 g/mol. The summed E-state index contributed by atoms with van der Waals surface area (Å²) in [6.45, 7) is 1.58. The van der Waals surface area contributed by atoms with Gasteiger partial charge in [-0.15, -0.1) is 0 Å². The van der Waals surface area contributed by atoms with Crippen LogP contribution in [0.25, 0.3) is 0 Å². The molecule has 0 radical (unpaired) electrons. The van der Waals surface area contributed by atoms with Crippen LogP contribution >= 0.6 is 0 Å². The van der Waals surface area contributed by atoms with E-state index in [1.165, 1.54) is 0 Å². The second-order valence-electron chi connectivity index (χ2n) is 5.45. The standard InChI is InChI=1S/C16H21F3N2O3/c1-2-24-14-6-4-3-5-13(14)20-15(22)21(11-16(17,18)19)12-7-9-23-10-8-12/h3-6,12H,2,7-11H2,1H3,(H,20,22). The maximum atomic E-state index is 12.9. The first-order valence-corrected chi connectivity index (χ1v) is 7.84. The molecule has 2 amide bonds. The predicted octanol–water partition coefficient (Wildman–Crippen LogP) is 3.66. The topological polar surface area (TPSA) is 50.8 Å². The van der Waals surface area contributed by atoms with Gasteiger partial charge >= 0.3 is 12.2 Å². The van der Waals surface area contributed by atoms with Crippen LogP contribution in [0.2, 0.25) is 0 Å². The fraction of sp³-hybridized carbons (Fsp3) is 0.562. The maximum Gasteiger partial charge on any atom is 0.406 e. The lowest BCUT2D eigenvalue weighted by atomic mass is 10.1. The summed E-state index contributed by atoms with van der Waals surface area (Å²) < 4.78 is 49.2. The zero-order valence-electron chi connectivity index (χ0n) is 13.4. The zero-order valence-corrected chi connectivity index (χ0v) is 13.4. The van der Waals surface area contributed by atoms with Crippen molar-refractivity contribution < 1.29 is 27.4 Å². The molecule has 1 aromatic rings. The first-order chi connectivity index (χ1) is 11.4. The Morgan fingerprint density at radius 3 is 2.62 bits per heavy atom. The zero-order chi connectivity index (χ0) is 17.6. The van der Waals surface area contributed by atoms with Crippen molar-refractivity contribution in [1.29, 1.82) is 0 Å². The molecule has 1 fully saturated rings. The van der Waals surface area contributed by atoms with E-state index in [1.54, 1.807) is 31.2 Å². The lowest BCUT2D eigenvalue weighted by molar-refractivity contribution is -0.146. The van der Waals surface area contributed by atoms with E-state index in [9.17, 15) is 18.0 Å². The van der Waals surface area contributed by atoms with Crippen LogP contribution in [0.4, 0.5) is 23.7 Å². The molecule has 0 aliphatic carbocycles. The van der Waals surface area contributed by atoms with Gasteiger partial charge in [-0.1, -0.05) is 12.1 Å². The Morgan fingerprint density at radius 1 is 1.33 bits per heavy atom. The highest BCUT2D eigenvalue weighted by molar-refractivity contribution is 5.91. The minimum atomic E-state index is -4.46. The Labute approximate surface area is 138 Å². The summed E-state index contributed by atoms with van der Waals surface area (Å²) in [6.07, 6.45) is -3.69. The number of anilines is 1. The number of rotatable bonds is 5. The summed E-state index contributed by atoms with van der Waals surface area (Å²) in [4.78, 5) is 13.3. The number of amides is 2. The van der Waals surface area contributed by atoms with Crippen LogP contribution in [0.15, 0.2) is 24.3 Å². The number of benzene rings is 1.